The second-order valence-electron chi connectivity index (χ2n) is 12.7. The number of nitrogens with one attached hydrogen (secondary N) is 3. The fourth-order valence-electron chi connectivity index (χ4n) is 6.70. The fourth-order valence-corrected chi connectivity index (χ4v) is 6.70. The molecule has 0 saturated heterocycles. The molecule has 272 valence electrons. The van der Waals surface area contributed by atoms with E-state index in [0.717, 1.165) is 44.6 Å². The molecule has 6 nitrogen and oxygen atoms in total. The molecule has 3 N–H and O–H groups in total. The molecule has 5 unspecified atom stereocenters. The molecule has 6 heteroatoms. The predicted octanol–water partition coefficient (Wildman–Crippen LogP) is 10.7. The van der Waals surface area contributed by atoms with Crippen molar-refractivity contribution in [3.8, 4) is 0 Å². The normalized spacial score (nSPS) is 14.2. The summed E-state index contributed by atoms with van der Waals surface area (Å²) < 4.78 is 19.1. The van der Waals surface area contributed by atoms with Gasteiger partial charge in [0.25, 0.3) is 0 Å². The molecule has 0 spiro atoms. The Balaban J connectivity index is 1.51. The smallest absolute Gasteiger partial charge is 0.154 e. The molecule has 0 aliphatic rings. The van der Waals surface area contributed by atoms with Crippen molar-refractivity contribution in [3.63, 3.8) is 0 Å². The maximum Gasteiger partial charge on any atom is 0.154 e. The Morgan fingerprint density at radius 3 is 1.17 bits per heavy atom. The van der Waals surface area contributed by atoms with Gasteiger partial charge in [-0.25, -0.2) is 0 Å². The summed E-state index contributed by atoms with van der Waals surface area (Å²) in [6.07, 6.45) is -1.04. The summed E-state index contributed by atoms with van der Waals surface area (Å²) in [5, 5.41) is 11.6. The summed E-state index contributed by atoms with van der Waals surface area (Å²) in [5.41, 5.74) is 8.55. The number of rotatable bonds is 19. The van der Waals surface area contributed by atoms with Crippen molar-refractivity contribution in [2.45, 2.75) is 51.5 Å². The van der Waals surface area contributed by atoms with E-state index < -0.39 is 0 Å². The number of ether oxygens (including phenoxy) is 3. The molecule has 0 aliphatic carbocycles. The van der Waals surface area contributed by atoms with Gasteiger partial charge in [-0.1, -0.05) is 158 Å². The molecule has 6 aromatic carbocycles. The van der Waals surface area contributed by atoms with Crippen molar-refractivity contribution in [1.82, 2.24) is 10.6 Å². The van der Waals surface area contributed by atoms with Crippen molar-refractivity contribution < 1.29 is 14.2 Å². The van der Waals surface area contributed by atoms with Crippen molar-refractivity contribution >= 4 is 5.69 Å². The van der Waals surface area contributed by atoms with Crippen LogP contribution in [0.3, 0.4) is 0 Å². The second-order valence-corrected chi connectivity index (χ2v) is 12.7. The molecule has 0 fully saturated rings. The average Bonchev–Trinajstić information content (AvgIpc) is 3.23. The molecule has 0 aliphatic heterocycles. The molecular weight excluding hydrogens is 655 g/mol. The summed E-state index contributed by atoms with van der Waals surface area (Å²) >= 11 is 0. The molecule has 6 rings (SSSR count). The van der Waals surface area contributed by atoms with E-state index in [1.807, 2.05) is 51.1 Å². The van der Waals surface area contributed by atoms with Gasteiger partial charge in [-0.05, 0) is 66.3 Å². The van der Waals surface area contributed by atoms with Crippen molar-refractivity contribution in [3.05, 3.63) is 209 Å². The summed E-state index contributed by atoms with van der Waals surface area (Å²) in [6.45, 7) is 7.77. The van der Waals surface area contributed by atoms with Crippen LogP contribution in [-0.4, -0.2) is 19.8 Å². The first-order valence-electron chi connectivity index (χ1n) is 18.7. The molecule has 0 radical (unpaired) electrons. The third-order valence-electron chi connectivity index (χ3n) is 9.22. The lowest BCUT2D eigenvalue weighted by molar-refractivity contribution is 0.0309. The van der Waals surface area contributed by atoms with Crippen LogP contribution in [0.15, 0.2) is 170 Å². The summed E-state index contributed by atoms with van der Waals surface area (Å²) in [7, 11) is 0. The van der Waals surface area contributed by atoms with Gasteiger partial charge < -0.3 is 19.5 Å². The fraction of sp³-hybridized carbons (Fsp3) is 0.234. The van der Waals surface area contributed by atoms with Crippen LogP contribution in [0.5, 0.6) is 0 Å². The van der Waals surface area contributed by atoms with Crippen LogP contribution in [0.2, 0.25) is 0 Å². The first-order chi connectivity index (χ1) is 26.2. The zero-order valence-corrected chi connectivity index (χ0v) is 30.9. The zero-order chi connectivity index (χ0) is 36.7. The molecule has 53 heavy (non-hydrogen) atoms. The highest BCUT2D eigenvalue weighted by Crippen LogP contribution is 2.37. The van der Waals surface area contributed by atoms with Gasteiger partial charge in [0.1, 0.15) is 12.5 Å². The largest absolute Gasteiger partial charge is 0.359 e. The third kappa shape index (κ3) is 10.1. The lowest BCUT2D eigenvalue weighted by Gasteiger charge is -2.32. The Morgan fingerprint density at radius 1 is 0.377 bits per heavy atom. The average molecular weight is 706 g/mol. The van der Waals surface area contributed by atoms with Crippen LogP contribution in [0.1, 0.15) is 90.5 Å². The Labute approximate surface area is 315 Å². The molecule has 0 bridgehead atoms. The van der Waals surface area contributed by atoms with E-state index in [1.165, 1.54) is 0 Å². The highest BCUT2D eigenvalue weighted by molar-refractivity contribution is 5.58. The molecule has 0 saturated carbocycles. The van der Waals surface area contributed by atoms with E-state index in [4.69, 9.17) is 14.2 Å². The second kappa shape index (κ2) is 19.7. The lowest BCUT2D eigenvalue weighted by Crippen LogP contribution is -2.31. The maximum absolute atomic E-state index is 6.42. The topological polar surface area (TPSA) is 63.8 Å². The zero-order valence-electron chi connectivity index (χ0n) is 30.9. The first kappa shape index (κ1) is 37.7. The van der Waals surface area contributed by atoms with Crippen LogP contribution in [0, 0.1) is 0 Å². The van der Waals surface area contributed by atoms with Crippen molar-refractivity contribution in [1.29, 1.82) is 0 Å². The Hall–Kier alpha value is -5.08. The van der Waals surface area contributed by atoms with Crippen molar-refractivity contribution in [2.24, 2.45) is 0 Å². The standard InChI is InChI=1S/C47H51N3O3/c1-4-51-45(37-26-16-9-17-27-37)48-42-33-32-40(43(35-22-12-7-13-23-35)49-46(52-5-2)38-28-18-10-19-29-38)34-41(42)44(36-24-14-8-15-25-36)50-47(53-6-3)39-30-20-11-21-31-39/h7-34,43-50H,4-6H2,1-3H3. The van der Waals surface area contributed by atoms with Crippen LogP contribution in [0.25, 0.3) is 0 Å². The summed E-state index contributed by atoms with van der Waals surface area (Å²) in [4.78, 5) is 0. The van der Waals surface area contributed by atoms with E-state index in [9.17, 15) is 0 Å². The lowest BCUT2D eigenvalue weighted by atomic mass is 9.90. The number of anilines is 1. The number of benzene rings is 6. The molecule has 0 heterocycles. The Morgan fingerprint density at radius 2 is 0.736 bits per heavy atom. The third-order valence-corrected chi connectivity index (χ3v) is 9.22. The first-order valence-corrected chi connectivity index (χ1v) is 18.7. The van der Waals surface area contributed by atoms with Gasteiger partial charge in [-0.15, -0.1) is 0 Å². The monoisotopic (exact) mass is 705 g/mol. The maximum atomic E-state index is 6.42. The molecule has 0 amide bonds. The highest BCUT2D eigenvalue weighted by Gasteiger charge is 2.27. The van der Waals surface area contributed by atoms with Gasteiger partial charge in [0, 0.05) is 31.1 Å². The van der Waals surface area contributed by atoms with Crippen molar-refractivity contribution in [2.75, 3.05) is 25.1 Å². The predicted molar refractivity (Wildman–Crippen MR) is 215 cm³/mol. The summed E-state index contributed by atoms with van der Waals surface area (Å²) in [6, 6.07) is 58.5. The summed E-state index contributed by atoms with van der Waals surface area (Å²) in [5.74, 6) is 0. The van der Waals surface area contributed by atoms with E-state index in [-0.39, 0.29) is 30.8 Å². The van der Waals surface area contributed by atoms with Gasteiger partial charge in [0.05, 0.1) is 12.1 Å². The van der Waals surface area contributed by atoms with Crippen LogP contribution in [-0.2, 0) is 14.2 Å². The minimum atomic E-state index is -0.359. The van der Waals surface area contributed by atoms with E-state index in [2.05, 4.69) is 155 Å². The van der Waals surface area contributed by atoms with Crippen LogP contribution < -0.4 is 16.0 Å². The molecule has 0 aromatic heterocycles. The molecule has 6 aromatic rings. The van der Waals surface area contributed by atoms with Gasteiger partial charge in [-0.3, -0.25) is 10.6 Å². The van der Waals surface area contributed by atoms with E-state index in [0.29, 0.717) is 19.8 Å². The number of hydrogen-bond donors (Lipinski definition) is 3. The van der Waals surface area contributed by atoms with Gasteiger partial charge in [0.15, 0.2) is 6.23 Å². The number of hydrogen-bond acceptors (Lipinski definition) is 6. The van der Waals surface area contributed by atoms with E-state index >= 15 is 0 Å². The quantitative estimate of drug-likeness (QED) is 0.0729. The SMILES string of the molecule is CCOC(Nc1ccc(C(NC(OCC)c2ccccc2)c2ccccc2)cc1C(NC(OCC)c1ccccc1)c1ccccc1)c1ccccc1. The highest BCUT2D eigenvalue weighted by atomic mass is 16.5. The van der Waals surface area contributed by atoms with Gasteiger partial charge in [0.2, 0.25) is 0 Å². The van der Waals surface area contributed by atoms with Crippen LogP contribution >= 0.6 is 0 Å². The molecule has 5 atom stereocenters. The van der Waals surface area contributed by atoms with Gasteiger partial charge >= 0.3 is 0 Å². The molecular formula is C47H51N3O3. The van der Waals surface area contributed by atoms with E-state index in [1.54, 1.807) is 0 Å². The minimum absolute atomic E-state index is 0.189. The minimum Gasteiger partial charge on any atom is -0.359 e. The Bertz CT molecular complexity index is 1910. The van der Waals surface area contributed by atoms with Gasteiger partial charge in [-0.2, -0.15) is 0 Å². The van der Waals surface area contributed by atoms with Crippen LogP contribution in [0.4, 0.5) is 5.69 Å². The Kier molecular flexibility index (Phi) is 14.0.